The molecule has 0 radical (unpaired) electrons. The van der Waals surface area contributed by atoms with Crippen molar-refractivity contribution in [3.8, 4) is 0 Å². The molecule has 0 bridgehead atoms. The number of ether oxygens (including phenoxy) is 2. The van der Waals surface area contributed by atoms with E-state index in [0.717, 1.165) is 37.1 Å². The van der Waals surface area contributed by atoms with Gasteiger partial charge in [0.15, 0.2) is 6.29 Å². The lowest BCUT2D eigenvalue weighted by Gasteiger charge is -2.26. The van der Waals surface area contributed by atoms with E-state index < -0.39 is 5.54 Å². The fourth-order valence-corrected chi connectivity index (χ4v) is 2.99. The van der Waals surface area contributed by atoms with Crippen molar-refractivity contribution < 1.29 is 14.3 Å². The van der Waals surface area contributed by atoms with Crippen LogP contribution in [0.5, 0.6) is 0 Å². The molecule has 2 heterocycles. The van der Waals surface area contributed by atoms with Crippen LogP contribution < -0.4 is 10.6 Å². The Morgan fingerprint density at radius 1 is 1.33 bits per heavy atom. The van der Waals surface area contributed by atoms with Crippen LogP contribution in [0.3, 0.4) is 0 Å². The molecule has 1 unspecified atom stereocenters. The van der Waals surface area contributed by atoms with Crippen LogP contribution in [-0.2, 0) is 14.3 Å². The number of anilines is 1. The third-order valence-electron chi connectivity index (χ3n) is 4.34. The van der Waals surface area contributed by atoms with Gasteiger partial charge in [0.2, 0.25) is 5.91 Å². The summed E-state index contributed by atoms with van der Waals surface area (Å²) in [6, 6.07) is 7.67. The number of nitrogens with one attached hydrogen (secondary N) is 2. The van der Waals surface area contributed by atoms with Crippen LogP contribution in [0.15, 0.2) is 24.3 Å². The smallest absolute Gasteiger partial charge is 0.244 e. The lowest BCUT2D eigenvalue weighted by Crippen LogP contribution is -2.50. The van der Waals surface area contributed by atoms with Gasteiger partial charge in [-0.05, 0) is 37.9 Å². The van der Waals surface area contributed by atoms with Crippen LogP contribution in [0.2, 0.25) is 0 Å². The van der Waals surface area contributed by atoms with Crippen LogP contribution in [0.25, 0.3) is 0 Å². The second-order valence-corrected chi connectivity index (χ2v) is 5.62. The molecule has 21 heavy (non-hydrogen) atoms. The van der Waals surface area contributed by atoms with Crippen LogP contribution in [-0.4, -0.2) is 31.2 Å². The van der Waals surface area contributed by atoms with Crippen molar-refractivity contribution in [1.29, 1.82) is 0 Å². The molecule has 1 atom stereocenters. The molecule has 3 rings (SSSR count). The predicted octanol–water partition coefficient (Wildman–Crippen LogP) is 2.20. The molecule has 0 spiro atoms. The molecule has 1 aromatic carbocycles. The summed E-state index contributed by atoms with van der Waals surface area (Å²) < 4.78 is 10.9. The Bertz CT molecular complexity index is 489. The maximum Gasteiger partial charge on any atom is 0.244 e. The van der Waals surface area contributed by atoms with Gasteiger partial charge in [0.1, 0.15) is 0 Å². The van der Waals surface area contributed by atoms with Gasteiger partial charge in [0.25, 0.3) is 0 Å². The summed E-state index contributed by atoms with van der Waals surface area (Å²) in [5.74, 6) is 0.0589. The van der Waals surface area contributed by atoms with E-state index >= 15 is 0 Å². The van der Waals surface area contributed by atoms with Crippen molar-refractivity contribution >= 4 is 11.6 Å². The number of amides is 1. The summed E-state index contributed by atoms with van der Waals surface area (Å²) >= 11 is 0. The predicted molar refractivity (Wildman–Crippen MR) is 80.0 cm³/mol. The van der Waals surface area contributed by atoms with E-state index in [1.54, 1.807) is 0 Å². The minimum Gasteiger partial charge on any atom is -0.346 e. The molecule has 114 valence electrons. The molecule has 2 fully saturated rings. The Labute approximate surface area is 125 Å². The monoisotopic (exact) mass is 290 g/mol. The summed E-state index contributed by atoms with van der Waals surface area (Å²) in [6.45, 7) is 4.23. The number of rotatable bonds is 4. The van der Waals surface area contributed by atoms with Crippen molar-refractivity contribution in [1.82, 2.24) is 5.32 Å². The highest BCUT2D eigenvalue weighted by atomic mass is 16.7. The minimum absolute atomic E-state index is 0.0589. The number of carbonyl (C=O) groups is 1. The van der Waals surface area contributed by atoms with E-state index in [9.17, 15) is 4.79 Å². The van der Waals surface area contributed by atoms with Gasteiger partial charge in [-0.3, -0.25) is 4.79 Å². The van der Waals surface area contributed by atoms with Gasteiger partial charge in [-0.1, -0.05) is 19.1 Å². The molecule has 0 aromatic heterocycles. The zero-order chi connectivity index (χ0) is 14.7. The number of hydrogen-bond acceptors (Lipinski definition) is 4. The summed E-state index contributed by atoms with van der Waals surface area (Å²) in [4.78, 5) is 12.5. The average Bonchev–Trinajstić information content (AvgIpc) is 3.20. The minimum atomic E-state index is -0.406. The van der Waals surface area contributed by atoms with Crippen LogP contribution in [0.4, 0.5) is 5.69 Å². The number of benzene rings is 1. The molecule has 2 saturated heterocycles. The van der Waals surface area contributed by atoms with Gasteiger partial charge >= 0.3 is 0 Å². The Balaban J connectivity index is 1.66. The fraction of sp³-hybridized carbons (Fsp3) is 0.562. The normalized spacial score (nSPS) is 26.1. The van der Waals surface area contributed by atoms with Crippen LogP contribution >= 0.6 is 0 Å². The molecular formula is C16H22N2O3. The van der Waals surface area contributed by atoms with Crippen molar-refractivity contribution in [2.24, 2.45) is 0 Å². The molecule has 0 saturated carbocycles. The van der Waals surface area contributed by atoms with Gasteiger partial charge in [-0.15, -0.1) is 0 Å². The van der Waals surface area contributed by atoms with Crippen molar-refractivity contribution in [3.63, 3.8) is 0 Å². The quantitative estimate of drug-likeness (QED) is 0.892. The third kappa shape index (κ3) is 2.95. The first-order valence-corrected chi connectivity index (χ1v) is 7.63. The average molecular weight is 290 g/mol. The Morgan fingerprint density at radius 3 is 2.62 bits per heavy atom. The lowest BCUT2D eigenvalue weighted by molar-refractivity contribution is -0.122. The Morgan fingerprint density at radius 2 is 2.05 bits per heavy atom. The molecule has 1 amide bonds. The zero-order valence-corrected chi connectivity index (χ0v) is 12.4. The largest absolute Gasteiger partial charge is 0.346 e. The maximum absolute atomic E-state index is 12.5. The standard InChI is InChI=1S/C16H22N2O3/c1-2-16(8-3-9-17-16)15(19)18-13-6-4-12(5-7-13)14-20-10-11-21-14/h4-7,14,17H,2-3,8-11H2,1H3,(H,18,19). The van der Waals surface area contributed by atoms with Gasteiger partial charge in [-0.2, -0.15) is 0 Å². The summed E-state index contributed by atoms with van der Waals surface area (Å²) in [6.07, 6.45) is 2.49. The van der Waals surface area contributed by atoms with E-state index in [1.807, 2.05) is 24.3 Å². The van der Waals surface area contributed by atoms with E-state index in [2.05, 4.69) is 17.6 Å². The van der Waals surface area contributed by atoms with Crippen LogP contribution in [0, 0.1) is 0 Å². The van der Waals surface area contributed by atoms with Crippen molar-refractivity contribution in [2.75, 3.05) is 25.1 Å². The Hall–Kier alpha value is -1.43. The second kappa shape index (κ2) is 6.13. The zero-order valence-electron chi connectivity index (χ0n) is 12.4. The third-order valence-corrected chi connectivity index (χ3v) is 4.34. The summed E-state index contributed by atoms with van der Waals surface area (Å²) in [7, 11) is 0. The maximum atomic E-state index is 12.5. The van der Waals surface area contributed by atoms with Gasteiger partial charge in [0.05, 0.1) is 18.8 Å². The first kappa shape index (κ1) is 14.5. The molecule has 2 N–H and O–H groups in total. The summed E-state index contributed by atoms with van der Waals surface area (Å²) in [5, 5.41) is 6.35. The van der Waals surface area contributed by atoms with Crippen LogP contribution in [0.1, 0.15) is 38.0 Å². The van der Waals surface area contributed by atoms with E-state index in [1.165, 1.54) is 0 Å². The highest BCUT2D eigenvalue weighted by Gasteiger charge is 2.39. The van der Waals surface area contributed by atoms with Gasteiger partial charge in [0, 0.05) is 11.3 Å². The molecule has 5 heteroatoms. The first-order valence-electron chi connectivity index (χ1n) is 7.63. The fourth-order valence-electron chi connectivity index (χ4n) is 2.99. The van der Waals surface area contributed by atoms with E-state index in [4.69, 9.17) is 9.47 Å². The van der Waals surface area contributed by atoms with Gasteiger partial charge in [-0.25, -0.2) is 0 Å². The first-order chi connectivity index (χ1) is 10.2. The summed E-state index contributed by atoms with van der Waals surface area (Å²) in [5.41, 5.74) is 1.38. The van der Waals surface area contributed by atoms with E-state index in [0.29, 0.717) is 13.2 Å². The second-order valence-electron chi connectivity index (χ2n) is 5.62. The number of hydrogen-bond donors (Lipinski definition) is 2. The Kier molecular flexibility index (Phi) is 4.24. The highest BCUT2D eigenvalue weighted by molar-refractivity contribution is 5.98. The topological polar surface area (TPSA) is 59.6 Å². The van der Waals surface area contributed by atoms with Crippen molar-refractivity contribution in [2.45, 2.75) is 38.0 Å². The highest BCUT2D eigenvalue weighted by Crippen LogP contribution is 2.27. The van der Waals surface area contributed by atoms with Crippen molar-refractivity contribution in [3.05, 3.63) is 29.8 Å². The molecule has 2 aliphatic heterocycles. The SMILES string of the molecule is CCC1(C(=O)Nc2ccc(C3OCCO3)cc2)CCCN1. The number of carbonyl (C=O) groups excluding carboxylic acids is 1. The van der Waals surface area contributed by atoms with Gasteiger partial charge < -0.3 is 20.1 Å². The molecular weight excluding hydrogens is 268 g/mol. The lowest BCUT2D eigenvalue weighted by atomic mass is 9.93. The molecule has 1 aromatic rings. The molecule has 2 aliphatic rings. The molecule has 5 nitrogen and oxygen atoms in total. The molecule has 0 aliphatic carbocycles. The van der Waals surface area contributed by atoms with E-state index in [-0.39, 0.29) is 12.2 Å².